The molecule has 9 heteroatoms. The lowest BCUT2D eigenvalue weighted by atomic mass is 9.87. The largest absolute Gasteiger partial charge is 0.496 e. The fourth-order valence-electron chi connectivity index (χ4n) is 4.30. The third-order valence-electron chi connectivity index (χ3n) is 6.56. The van der Waals surface area contributed by atoms with Crippen LogP contribution in [0.2, 0.25) is 0 Å². The predicted octanol–water partition coefficient (Wildman–Crippen LogP) is 5.00. The first-order valence-electron chi connectivity index (χ1n) is 11.4. The van der Waals surface area contributed by atoms with Gasteiger partial charge in [0.05, 0.1) is 30.5 Å². The van der Waals surface area contributed by atoms with E-state index in [-0.39, 0.29) is 41.9 Å². The van der Waals surface area contributed by atoms with E-state index < -0.39 is 17.8 Å². The minimum Gasteiger partial charge on any atom is -0.496 e. The zero-order chi connectivity index (χ0) is 25.3. The number of nitrogens with zero attached hydrogens (tertiary/aromatic N) is 3. The van der Waals surface area contributed by atoms with Gasteiger partial charge >= 0.3 is 6.61 Å². The van der Waals surface area contributed by atoms with Crippen molar-refractivity contribution in [2.75, 3.05) is 13.7 Å². The molecule has 35 heavy (non-hydrogen) atoms. The number of hydrogen-bond donors (Lipinski definition) is 1. The van der Waals surface area contributed by atoms with Gasteiger partial charge in [-0.2, -0.15) is 14.0 Å². The number of ether oxygens (including phenoxy) is 2. The van der Waals surface area contributed by atoms with Crippen LogP contribution in [0.3, 0.4) is 0 Å². The van der Waals surface area contributed by atoms with Crippen LogP contribution in [-0.4, -0.2) is 40.6 Å². The first-order chi connectivity index (χ1) is 16.7. The van der Waals surface area contributed by atoms with Crippen LogP contribution < -0.4 is 9.47 Å². The lowest BCUT2D eigenvalue weighted by molar-refractivity contribution is -0.0502. The second-order valence-electron chi connectivity index (χ2n) is 9.36. The Morgan fingerprint density at radius 1 is 1.31 bits per heavy atom. The summed E-state index contributed by atoms with van der Waals surface area (Å²) in [4.78, 5) is 17.6. The molecule has 1 N–H and O–H groups in total. The number of aliphatic hydroxyl groups is 1. The van der Waals surface area contributed by atoms with Crippen molar-refractivity contribution in [3.05, 3.63) is 47.8 Å². The Morgan fingerprint density at radius 3 is 2.63 bits per heavy atom. The molecule has 1 atom stereocenters. The van der Waals surface area contributed by atoms with E-state index in [2.05, 4.69) is 11.1 Å². The van der Waals surface area contributed by atoms with Crippen LogP contribution in [0.5, 0.6) is 11.5 Å². The van der Waals surface area contributed by atoms with Gasteiger partial charge in [0, 0.05) is 24.8 Å². The molecule has 4 rings (SSSR count). The first kappa shape index (κ1) is 24.6. The molecule has 0 bridgehead atoms. The number of fused-ring (bicyclic) bond motifs is 1. The topological polar surface area (TPSA) is 96.9 Å². The van der Waals surface area contributed by atoms with E-state index in [0.29, 0.717) is 16.9 Å². The van der Waals surface area contributed by atoms with Gasteiger partial charge in [-0.3, -0.25) is 9.20 Å². The molecule has 1 saturated carbocycles. The zero-order valence-electron chi connectivity index (χ0n) is 19.8. The summed E-state index contributed by atoms with van der Waals surface area (Å²) in [5, 5.41) is 19.1. The number of nitriles is 1. The maximum Gasteiger partial charge on any atom is 0.387 e. The summed E-state index contributed by atoms with van der Waals surface area (Å²) in [5.41, 5.74) is 1.64. The van der Waals surface area contributed by atoms with Gasteiger partial charge in [-0.05, 0) is 68.4 Å². The van der Waals surface area contributed by atoms with Crippen LogP contribution in [0.15, 0.2) is 36.7 Å². The highest BCUT2D eigenvalue weighted by atomic mass is 19.3. The highest BCUT2D eigenvalue weighted by Gasteiger charge is 2.34. The zero-order valence-corrected chi connectivity index (χ0v) is 19.8. The second kappa shape index (κ2) is 9.62. The van der Waals surface area contributed by atoms with E-state index >= 15 is 0 Å². The summed E-state index contributed by atoms with van der Waals surface area (Å²) >= 11 is 0. The highest BCUT2D eigenvalue weighted by Crippen LogP contribution is 2.42. The molecule has 184 valence electrons. The molecule has 0 saturated heterocycles. The molecule has 2 heterocycles. The molecule has 1 aliphatic rings. The first-order valence-corrected chi connectivity index (χ1v) is 11.4. The second-order valence-corrected chi connectivity index (χ2v) is 9.36. The van der Waals surface area contributed by atoms with Gasteiger partial charge in [0.25, 0.3) is 0 Å². The molecule has 0 amide bonds. The molecule has 0 aliphatic heterocycles. The van der Waals surface area contributed by atoms with E-state index in [4.69, 9.17) is 9.47 Å². The number of aliphatic hydroxyl groups excluding tert-OH is 1. The van der Waals surface area contributed by atoms with Crippen molar-refractivity contribution in [2.24, 2.45) is 11.8 Å². The van der Waals surface area contributed by atoms with Crippen molar-refractivity contribution < 1.29 is 28.2 Å². The summed E-state index contributed by atoms with van der Waals surface area (Å²) in [6, 6.07) is 8.83. The van der Waals surface area contributed by atoms with Gasteiger partial charge < -0.3 is 14.6 Å². The SMILES string of the molecule is COc1cc(-c2cnc3cc(C(C)(C)C#N)ccn23)cc(OC(F)F)c1C(=O)CC(CO)C1CC1. The Kier molecular flexibility index (Phi) is 6.77. The van der Waals surface area contributed by atoms with Gasteiger partial charge in [-0.25, -0.2) is 4.98 Å². The average molecular weight is 484 g/mol. The summed E-state index contributed by atoms with van der Waals surface area (Å²) < 4.78 is 38.6. The van der Waals surface area contributed by atoms with Crippen molar-refractivity contribution in [3.8, 4) is 28.8 Å². The monoisotopic (exact) mass is 483 g/mol. The molecular formula is C26H27F2N3O4. The number of imidazole rings is 1. The Balaban J connectivity index is 1.78. The number of carbonyl (C=O) groups is 1. The number of aromatic nitrogens is 2. The normalized spacial score (nSPS) is 14.7. The minimum absolute atomic E-state index is 0.0174. The minimum atomic E-state index is -3.14. The Labute approximate surface area is 201 Å². The van der Waals surface area contributed by atoms with E-state index in [1.54, 1.807) is 35.0 Å². The van der Waals surface area contributed by atoms with E-state index in [1.165, 1.54) is 13.2 Å². The van der Waals surface area contributed by atoms with E-state index in [0.717, 1.165) is 18.4 Å². The lowest BCUT2D eigenvalue weighted by Crippen LogP contribution is -2.17. The molecule has 1 aromatic carbocycles. The fraction of sp³-hybridized carbons (Fsp3) is 0.423. The Morgan fingerprint density at radius 2 is 2.03 bits per heavy atom. The standard InChI is InChI=1S/C26H27F2N3O4/c1-26(2,14-29)18-6-7-31-19(12-30-23(31)11-18)16-9-21(34-3)24(22(10-16)35-25(27)28)20(33)8-17(13-32)15-4-5-15/h6-7,9-12,15,17,25,32H,4-5,8,13H2,1-3H3. The highest BCUT2D eigenvalue weighted by molar-refractivity contribution is 6.02. The van der Waals surface area contributed by atoms with Crippen molar-refractivity contribution in [1.82, 2.24) is 9.38 Å². The number of Topliss-reactive ketones (excluding diaryl/α,β-unsaturated/α-hetero) is 1. The molecule has 3 aromatic rings. The molecule has 1 aliphatic carbocycles. The number of benzene rings is 1. The van der Waals surface area contributed by atoms with Gasteiger partial charge in [0.1, 0.15) is 22.7 Å². The third-order valence-corrected chi connectivity index (χ3v) is 6.56. The van der Waals surface area contributed by atoms with Gasteiger partial charge in [-0.1, -0.05) is 0 Å². The number of halogens is 2. The van der Waals surface area contributed by atoms with Crippen LogP contribution in [-0.2, 0) is 5.41 Å². The van der Waals surface area contributed by atoms with Crippen LogP contribution in [0.25, 0.3) is 16.9 Å². The Bertz CT molecular complexity index is 1290. The number of alkyl halides is 2. The summed E-state index contributed by atoms with van der Waals surface area (Å²) in [6.45, 7) is 0.328. The molecule has 2 aromatic heterocycles. The average Bonchev–Trinajstić information content (AvgIpc) is 3.59. The summed E-state index contributed by atoms with van der Waals surface area (Å²) in [7, 11) is 1.36. The van der Waals surface area contributed by atoms with Crippen molar-refractivity contribution in [3.63, 3.8) is 0 Å². The van der Waals surface area contributed by atoms with Crippen molar-refractivity contribution in [1.29, 1.82) is 5.26 Å². The lowest BCUT2D eigenvalue weighted by Gasteiger charge is -2.18. The Hall–Kier alpha value is -3.51. The number of hydrogen-bond acceptors (Lipinski definition) is 6. The molecule has 1 fully saturated rings. The number of pyridine rings is 1. The van der Waals surface area contributed by atoms with Crippen LogP contribution >= 0.6 is 0 Å². The maximum absolute atomic E-state index is 13.3. The summed E-state index contributed by atoms with van der Waals surface area (Å²) in [6.07, 6.45) is 5.24. The van der Waals surface area contributed by atoms with Crippen molar-refractivity contribution >= 4 is 11.4 Å². The van der Waals surface area contributed by atoms with Gasteiger partial charge in [0.15, 0.2) is 5.78 Å². The van der Waals surface area contributed by atoms with Crippen LogP contribution in [0.1, 0.15) is 49.0 Å². The van der Waals surface area contributed by atoms with Crippen molar-refractivity contribution in [2.45, 2.75) is 45.1 Å². The van der Waals surface area contributed by atoms with Gasteiger partial charge in [0.2, 0.25) is 0 Å². The van der Waals surface area contributed by atoms with E-state index in [9.17, 15) is 23.9 Å². The molecule has 0 radical (unpaired) electrons. The third kappa shape index (κ3) is 4.98. The van der Waals surface area contributed by atoms with Crippen LogP contribution in [0.4, 0.5) is 8.78 Å². The molecule has 7 nitrogen and oxygen atoms in total. The van der Waals surface area contributed by atoms with Crippen LogP contribution in [0, 0.1) is 23.2 Å². The quantitative estimate of drug-likeness (QED) is 0.408. The number of methoxy groups -OCH3 is 1. The number of ketones is 1. The summed E-state index contributed by atoms with van der Waals surface area (Å²) in [5.74, 6) is -0.562. The smallest absolute Gasteiger partial charge is 0.387 e. The fourth-order valence-corrected chi connectivity index (χ4v) is 4.30. The maximum atomic E-state index is 13.3. The number of rotatable bonds is 10. The molecule has 0 spiro atoms. The number of carbonyl (C=O) groups excluding carboxylic acids is 1. The molecular weight excluding hydrogens is 456 g/mol. The van der Waals surface area contributed by atoms with Gasteiger partial charge in [-0.15, -0.1) is 0 Å². The predicted molar refractivity (Wildman–Crippen MR) is 125 cm³/mol. The molecule has 1 unspecified atom stereocenters. The van der Waals surface area contributed by atoms with E-state index in [1.807, 2.05) is 13.8 Å².